The third kappa shape index (κ3) is 69.7. The van der Waals surface area contributed by atoms with Crippen molar-refractivity contribution in [1.82, 2.24) is 5.32 Å². The van der Waals surface area contributed by atoms with E-state index in [1.165, 1.54) is 20.8 Å². The molecule has 588 valence electrons. The van der Waals surface area contributed by atoms with Crippen LogP contribution in [0.4, 0.5) is 0 Å². The molecule has 0 bridgehead atoms. The topological polar surface area (TPSA) is 410 Å². The van der Waals surface area contributed by atoms with Gasteiger partial charge in [0.15, 0.2) is 0 Å². The molecule has 0 aliphatic rings. The molecule has 1 amide bonds. The maximum atomic E-state index is 13.2. The van der Waals surface area contributed by atoms with Gasteiger partial charge < -0.3 is 91.2 Å². The number of phosphoric acid groups is 3. The van der Waals surface area contributed by atoms with Gasteiger partial charge in [0.25, 0.3) is 0 Å². The number of rotatable bonds is 81. The first-order valence-electron chi connectivity index (χ1n) is 35.1. The Hall–Kier alpha value is -2.66. The van der Waals surface area contributed by atoms with Gasteiger partial charge >= 0.3 is 23.5 Å². The van der Waals surface area contributed by atoms with E-state index in [2.05, 4.69) is 5.32 Å². The van der Waals surface area contributed by atoms with E-state index in [1.807, 2.05) is 6.92 Å². The quantitative estimate of drug-likeness (QED) is 0.0332. The van der Waals surface area contributed by atoms with Crippen molar-refractivity contribution in [2.24, 2.45) is 0 Å². The number of nitrogens with one attached hydrogen (secondary N) is 1. The van der Waals surface area contributed by atoms with Gasteiger partial charge in [-0.25, -0.2) is 13.7 Å². The van der Waals surface area contributed by atoms with Gasteiger partial charge in [0.2, 0.25) is 5.91 Å². The van der Waals surface area contributed by atoms with E-state index in [0.717, 1.165) is 0 Å². The van der Waals surface area contributed by atoms with Gasteiger partial charge in [0, 0.05) is 84.0 Å². The number of amides is 1. The number of unbranched alkanes of at least 4 members (excludes halogenated alkanes) is 6. The van der Waals surface area contributed by atoms with Crippen molar-refractivity contribution < 1.29 is 146 Å². The monoisotopic (exact) mass is 1510 g/mol. The molecule has 4 N–H and O–H groups in total. The summed E-state index contributed by atoms with van der Waals surface area (Å²) in [6.07, 6.45) is 10.2. The third-order valence-corrected chi connectivity index (χ3v) is 16.8. The highest BCUT2D eigenvalue weighted by atomic mass is 31.2. The van der Waals surface area contributed by atoms with Crippen molar-refractivity contribution in [3.05, 3.63) is 0 Å². The SMILES string of the molecule is CCCC(=O)NC(COCCC(=O)CCCOCCOCCOCCOP(=O)(O)OCCCCCC(C)=O)(COCCC(=O)CCCOCCOCCOCCOP(=O)(O)OCCCCCC(C)=O)COCCC(=O)CCCOCCOCCOCCOP(=O)(O)OCCCCCC(C)=O. The number of hydrogen-bond donors (Lipinski definition) is 4. The predicted octanol–water partition coefficient (Wildman–Crippen LogP) is 7.91. The summed E-state index contributed by atoms with van der Waals surface area (Å²) in [6, 6.07) is 0. The summed E-state index contributed by atoms with van der Waals surface area (Å²) in [5.41, 5.74) is -1.24. The molecule has 0 aliphatic heterocycles. The van der Waals surface area contributed by atoms with Crippen LogP contribution in [-0.4, -0.2) is 259 Å². The number of Topliss-reactive ketones (excluding diaryl/α,β-unsaturated/α-hetero) is 6. The Morgan fingerprint density at radius 1 is 0.270 bits per heavy atom. The molecule has 0 heterocycles. The van der Waals surface area contributed by atoms with E-state index in [-0.39, 0.29) is 264 Å². The summed E-state index contributed by atoms with van der Waals surface area (Å²) >= 11 is 0. The van der Waals surface area contributed by atoms with E-state index < -0.39 is 29.0 Å². The van der Waals surface area contributed by atoms with Crippen LogP contribution in [0.25, 0.3) is 0 Å². The number of ketones is 6. The summed E-state index contributed by atoms with van der Waals surface area (Å²) in [4.78, 5) is 114. The summed E-state index contributed by atoms with van der Waals surface area (Å²) in [7, 11) is -12.6. The molecule has 3 unspecified atom stereocenters. The number of phosphoric ester groups is 3. The molecule has 3 atom stereocenters. The van der Waals surface area contributed by atoms with Crippen LogP contribution < -0.4 is 5.32 Å². The maximum Gasteiger partial charge on any atom is 0.472 e. The number of ether oxygens (including phenoxy) is 12. The van der Waals surface area contributed by atoms with Crippen molar-refractivity contribution in [2.75, 3.05) is 198 Å². The first-order valence-corrected chi connectivity index (χ1v) is 39.6. The fourth-order valence-electron chi connectivity index (χ4n) is 8.54. The highest BCUT2D eigenvalue weighted by molar-refractivity contribution is 7.47. The van der Waals surface area contributed by atoms with Crippen molar-refractivity contribution in [1.29, 1.82) is 0 Å². The molecule has 0 aromatic carbocycles. The smallest absolute Gasteiger partial charge is 0.379 e. The molecular weight excluding hydrogens is 1380 g/mol. The van der Waals surface area contributed by atoms with Crippen LogP contribution in [0, 0.1) is 0 Å². The van der Waals surface area contributed by atoms with Crippen LogP contribution in [0.2, 0.25) is 0 Å². The fourth-order valence-corrected chi connectivity index (χ4v) is 10.8. The van der Waals surface area contributed by atoms with Crippen LogP contribution in [0.1, 0.15) is 175 Å². The maximum absolute atomic E-state index is 13.2. The van der Waals surface area contributed by atoms with Crippen molar-refractivity contribution in [3.8, 4) is 0 Å². The number of carbonyl (C=O) groups excluding carboxylic acids is 7. The zero-order chi connectivity index (χ0) is 74.0. The standard InChI is InChI=1S/C65H122NO31P3/c1-5-18-64(73)66-65(55-89-34-25-61(70)22-15-28-80-37-40-83-43-46-86-49-52-95-98(74,75)92-31-12-6-9-19-58(2)67,56-90-35-26-62(71)23-16-29-81-38-41-84-44-47-87-50-53-96-99(76,77)93-32-13-7-10-20-59(3)68)57-91-36-27-63(72)24-17-30-82-39-42-85-45-48-88-51-54-97-100(78,79)94-33-14-8-11-21-60(4)69/h5-57H2,1-4H3,(H,66,73)(H,74,75)(H,76,77)(H,78,79). The van der Waals surface area contributed by atoms with Gasteiger partial charge in [0.05, 0.1) is 178 Å². The van der Waals surface area contributed by atoms with Crippen LogP contribution in [0.15, 0.2) is 0 Å². The fraction of sp³-hybridized carbons (Fsp3) is 0.892. The van der Waals surface area contributed by atoms with E-state index in [9.17, 15) is 61.9 Å². The largest absolute Gasteiger partial charge is 0.472 e. The minimum absolute atomic E-state index is 0.0296. The van der Waals surface area contributed by atoms with Crippen molar-refractivity contribution in [3.63, 3.8) is 0 Å². The van der Waals surface area contributed by atoms with Crippen molar-refractivity contribution >= 4 is 64.1 Å². The second kappa shape index (κ2) is 67.0. The van der Waals surface area contributed by atoms with Gasteiger partial charge in [0.1, 0.15) is 40.2 Å². The molecule has 0 saturated carbocycles. The molecule has 0 aliphatic carbocycles. The average molecular weight is 1510 g/mol. The second-order valence-electron chi connectivity index (χ2n) is 23.4. The minimum Gasteiger partial charge on any atom is -0.379 e. The molecule has 100 heavy (non-hydrogen) atoms. The van der Waals surface area contributed by atoms with Crippen LogP contribution in [0.5, 0.6) is 0 Å². The average Bonchev–Trinajstić information content (AvgIpc) is 0.864. The first kappa shape index (κ1) is 97.3. The molecule has 0 saturated heterocycles. The van der Waals surface area contributed by atoms with Gasteiger partial charge in [-0.05, 0) is 85.0 Å². The Bertz CT molecular complexity index is 2010. The Kier molecular flexibility index (Phi) is 65.2. The predicted molar refractivity (Wildman–Crippen MR) is 365 cm³/mol. The van der Waals surface area contributed by atoms with Gasteiger partial charge in [-0.1, -0.05) is 26.2 Å². The molecule has 0 aromatic heterocycles. The van der Waals surface area contributed by atoms with E-state index in [0.29, 0.717) is 123 Å². The molecule has 0 rings (SSSR count). The van der Waals surface area contributed by atoms with Gasteiger partial charge in [-0.2, -0.15) is 0 Å². The lowest BCUT2D eigenvalue weighted by Gasteiger charge is -2.34. The normalized spacial score (nSPS) is 14.1. The lowest BCUT2D eigenvalue weighted by atomic mass is 10.0. The highest BCUT2D eigenvalue weighted by Gasteiger charge is 2.34. The number of hydrogen-bond acceptors (Lipinski definition) is 28. The molecule has 0 aromatic rings. The molecular formula is C65H122NO31P3. The minimum atomic E-state index is -4.20. The molecule has 0 fully saturated rings. The second-order valence-corrected chi connectivity index (χ2v) is 27.7. The molecule has 0 spiro atoms. The summed E-state index contributed by atoms with van der Waals surface area (Å²) in [5.74, 6) is -0.197. The summed E-state index contributed by atoms with van der Waals surface area (Å²) in [5, 5.41) is 3.01. The van der Waals surface area contributed by atoms with E-state index in [4.69, 9.17) is 84.0 Å². The first-order chi connectivity index (χ1) is 48.0. The third-order valence-electron chi connectivity index (χ3n) is 13.8. The van der Waals surface area contributed by atoms with E-state index >= 15 is 0 Å². The van der Waals surface area contributed by atoms with Crippen LogP contribution in [-0.2, 0) is 131 Å². The molecule has 32 nitrogen and oxygen atoms in total. The van der Waals surface area contributed by atoms with Gasteiger partial charge in [-0.3, -0.25) is 46.3 Å². The lowest BCUT2D eigenvalue weighted by Crippen LogP contribution is -2.58. The summed E-state index contributed by atoms with van der Waals surface area (Å²) < 4.78 is 133. The van der Waals surface area contributed by atoms with E-state index in [1.54, 1.807) is 0 Å². The zero-order valence-electron chi connectivity index (χ0n) is 60.1. The Morgan fingerprint density at radius 2 is 0.510 bits per heavy atom. The van der Waals surface area contributed by atoms with Crippen LogP contribution in [0.3, 0.4) is 0 Å². The van der Waals surface area contributed by atoms with Crippen molar-refractivity contribution in [2.45, 2.75) is 181 Å². The Labute approximate surface area is 592 Å². The zero-order valence-corrected chi connectivity index (χ0v) is 62.8. The van der Waals surface area contributed by atoms with Crippen LogP contribution >= 0.6 is 23.5 Å². The summed E-state index contributed by atoms with van der Waals surface area (Å²) in [6.45, 7) is 10.1. The Morgan fingerprint density at radius 3 is 0.760 bits per heavy atom. The van der Waals surface area contributed by atoms with Gasteiger partial charge in [-0.15, -0.1) is 0 Å². The highest BCUT2D eigenvalue weighted by Crippen LogP contribution is 2.44. The lowest BCUT2D eigenvalue weighted by molar-refractivity contribution is -0.130. The number of carbonyl (C=O) groups is 7. The Balaban J connectivity index is 4.89. The molecule has 0 radical (unpaired) electrons. The molecule has 35 heteroatoms.